The topological polar surface area (TPSA) is 53.2 Å². The van der Waals surface area contributed by atoms with Crippen molar-refractivity contribution < 1.29 is 4.74 Å². The molecule has 0 fully saturated rings. The number of aromatic amines is 2. The van der Waals surface area contributed by atoms with Crippen LogP contribution in [0.15, 0.2) is 52.1 Å². The first-order valence-corrected chi connectivity index (χ1v) is 8.01. The second-order valence-electron chi connectivity index (χ2n) is 5.28. The molecule has 114 valence electrons. The quantitative estimate of drug-likeness (QED) is 0.701. The zero-order chi connectivity index (χ0) is 15.8. The van der Waals surface area contributed by atoms with E-state index in [4.69, 9.17) is 4.74 Å². The Morgan fingerprint density at radius 1 is 1.22 bits per heavy atom. The van der Waals surface area contributed by atoms with E-state index in [-0.39, 0.29) is 0 Å². The zero-order valence-corrected chi connectivity index (χ0v) is 14.0. The summed E-state index contributed by atoms with van der Waals surface area (Å²) < 4.78 is 6.53. The summed E-state index contributed by atoms with van der Waals surface area (Å²) in [6, 6.07) is 12.0. The Balaban J connectivity index is 1.93. The molecule has 4 nitrogen and oxygen atoms in total. The third-order valence-electron chi connectivity index (χ3n) is 3.75. The summed E-state index contributed by atoms with van der Waals surface area (Å²) in [4.78, 5) is 11.2. The maximum Gasteiger partial charge on any atom is 0.144 e. The lowest BCUT2D eigenvalue weighted by Crippen LogP contribution is -2.20. The minimum absolute atomic E-state index is 0.794. The molecule has 0 atom stereocenters. The van der Waals surface area contributed by atoms with Crippen molar-refractivity contribution in [2.45, 2.75) is 0 Å². The number of fused-ring (bicyclic) bond motifs is 1. The molecule has 1 aromatic carbocycles. The Bertz CT molecular complexity index is 1110. The second-order valence-corrected chi connectivity index (χ2v) is 6.20. The van der Waals surface area contributed by atoms with Gasteiger partial charge in [-0.15, -0.1) is 0 Å². The van der Waals surface area contributed by atoms with Gasteiger partial charge in [-0.25, -0.2) is 4.99 Å². The number of nitrogens with one attached hydrogen (secondary N) is 2. The number of benzene rings is 1. The summed E-state index contributed by atoms with van der Waals surface area (Å²) >= 11 is 3.49. The third kappa shape index (κ3) is 2.64. The van der Waals surface area contributed by atoms with Crippen LogP contribution in [-0.2, 0) is 0 Å². The second kappa shape index (κ2) is 5.59. The third-order valence-corrected chi connectivity index (χ3v) is 4.24. The molecule has 0 radical (unpaired) electrons. The van der Waals surface area contributed by atoms with Crippen molar-refractivity contribution in [2.24, 2.45) is 4.99 Å². The largest absolute Gasteiger partial charge is 0.494 e. The summed E-state index contributed by atoms with van der Waals surface area (Å²) in [5.74, 6) is 0.794. The molecule has 2 aromatic heterocycles. The van der Waals surface area contributed by atoms with E-state index in [9.17, 15) is 0 Å². The summed E-state index contributed by atoms with van der Waals surface area (Å²) in [6.07, 6.45) is 5.98. The highest BCUT2D eigenvalue weighted by atomic mass is 79.9. The Morgan fingerprint density at radius 3 is 2.91 bits per heavy atom. The fourth-order valence-electron chi connectivity index (χ4n) is 2.65. The number of nitrogens with zero attached hydrogens (tertiary/aromatic N) is 1. The number of methoxy groups -OCH3 is 1. The summed E-state index contributed by atoms with van der Waals surface area (Å²) in [6.45, 7) is 0. The first-order valence-electron chi connectivity index (χ1n) is 7.21. The van der Waals surface area contributed by atoms with Gasteiger partial charge in [0.15, 0.2) is 0 Å². The van der Waals surface area contributed by atoms with Crippen molar-refractivity contribution in [2.75, 3.05) is 7.11 Å². The van der Waals surface area contributed by atoms with E-state index >= 15 is 0 Å². The Labute approximate surface area is 140 Å². The Kier molecular flexibility index (Phi) is 3.42. The normalized spacial score (nSPS) is 16.0. The Hall–Kier alpha value is -2.53. The highest BCUT2D eigenvalue weighted by Crippen LogP contribution is 2.07. The maximum absolute atomic E-state index is 5.48. The van der Waals surface area contributed by atoms with E-state index in [0.29, 0.717) is 0 Å². The van der Waals surface area contributed by atoms with Crippen molar-refractivity contribution in [3.63, 3.8) is 0 Å². The van der Waals surface area contributed by atoms with Gasteiger partial charge in [0, 0.05) is 27.6 Å². The molecule has 0 aliphatic carbocycles. The fourth-order valence-corrected chi connectivity index (χ4v) is 3.02. The predicted octanol–water partition coefficient (Wildman–Crippen LogP) is 1.16. The molecule has 5 heteroatoms. The average molecular weight is 368 g/mol. The zero-order valence-electron chi connectivity index (χ0n) is 12.4. The van der Waals surface area contributed by atoms with Crippen LogP contribution in [-0.4, -0.2) is 17.1 Å². The van der Waals surface area contributed by atoms with Gasteiger partial charge in [-0.3, -0.25) is 0 Å². The molecule has 4 rings (SSSR count). The number of ether oxygens (including phenoxy) is 1. The highest BCUT2D eigenvalue weighted by Gasteiger charge is 2.06. The molecular formula is C18H14BrN3O. The SMILES string of the molecule is COc1cc(=C2C=c3cc(Br)ccc3=N2)[nH]c1=Cc1ccc[nH]1. The van der Waals surface area contributed by atoms with Crippen molar-refractivity contribution in [3.8, 4) is 5.75 Å². The fraction of sp³-hybridized carbons (Fsp3) is 0.0556. The molecule has 3 heterocycles. The first-order chi connectivity index (χ1) is 11.2. The summed E-state index contributed by atoms with van der Waals surface area (Å²) in [5, 5.41) is 3.94. The van der Waals surface area contributed by atoms with Gasteiger partial charge in [0.05, 0.1) is 28.9 Å². The van der Waals surface area contributed by atoms with Gasteiger partial charge >= 0.3 is 0 Å². The van der Waals surface area contributed by atoms with Crippen molar-refractivity contribution in [3.05, 3.63) is 74.0 Å². The van der Waals surface area contributed by atoms with E-state index in [1.165, 1.54) is 0 Å². The standard InChI is InChI=1S/C18H14BrN3O/c1-23-18-10-16(22-17(18)9-13-3-2-6-20-13)15-8-11-7-12(19)4-5-14(11)21-15/h2-10,20,22H,1H3. The van der Waals surface area contributed by atoms with Gasteiger partial charge in [0.25, 0.3) is 0 Å². The lowest BCUT2D eigenvalue weighted by molar-refractivity contribution is 0.412. The van der Waals surface area contributed by atoms with Crippen LogP contribution in [0.2, 0.25) is 0 Å². The summed E-state index contributed by atoms with van der Waals surface area (Å²) in [7, 11) is 1.67. The van der Waals surface area contributed by atoms with Crippen LogP contribution in [0, 0.1) is 0 Å². The summed E-state index contributed by atoms with van der Waals surface area (Å²) in [5.41, 5.74) is 1.92. The van der Waals surface area contributed by atoms with Gasteiger partial charge in [-0.2, -0.15) is 0 Å². The molecule has 0 saturated heterocycles. The lowest BCUT2D eigenvalue weighted by atomic mass is 10.3. The number of aromatic nitrogens is 2. The van der Waals surface area contributed by atoms with Crippen molar-refractivity contribution in [1.82, 2.24) is 9.97 Å². The monoisotopic (exact) mass is 367 g/mol. The van der Waals surface area contributed by atoms with Crippen LogP contribution >= 0.6 is 15.9 Å². The van der Waals surface area contributed by atoms with E-state index in [1.807, 2.05) is 42.6 Å². The molecule has 0 unspecified atom stereocenters. The van der Waals surface area contributed by atoms with Crippen molar-refractivity contribution >= 4 is 33.8 Å². The van der Waals surface area contributed by atoms with Gasteiger partial charge in [-0.05, 0) is 42.5 Å². The van der Waals surface area contributed by atoms with Crippen LogP contribution in [0.5, 0.6) is 5.75 Å². The number of halogens is 1. The average Bonchev–Trinajstić information content (AvgIpc) is 3.25. The molecule has 3 aromatic rings. The molecular weight excluding hydrogens is 354 g/mol. The lowest BCUT2D eigenvalue weighted by Gasteiger charge is -1.92. The Morgan fingerprint density at radius 2 is 2.13 bits per heavy atom. The van der Waals surface area contributed by atoms with Crippen molar-refractivity contribution in [1.29, 1.82) is 0 Å². The van der Waals surface area contributed by atoms with Gasteiger partial charge in [0.1, 0.15) is 5.75 Å². The predicted molar refractivity (Wildman–Crippen MR) is 93.8 cm³/mol. The van der Waals surface area contributed by atoms with Crippen LogP contribution in [0.25, 0.3) is 17.8 Å². The molecule has 2 N–H and O–H groups in total. The molecule has 1 aliphatic rings. The maximum atomic E-state index is 5.48. The van der Waals surface area contributed by atoms with Crippen LogP contribution in [0.3, 0.4) is 0 Å². The molecule has 0 spiro atoms. The van der Waals surface area contributed by atoms with Crippen LogP contribution < -0.4 is 26.0 Å². The van der Waals surface area contributed by atoms with Gasteiger partial charge < -0.3 is 14.7 Å². The van der Waals surface area contributed by atoms with E-state index in [2.05, 4.69) is 43.0 Å². The number of hydrogen-bond donors (Lipinski definition) is 2. The molecule has 0 saturated carbocycles. The van der Waals surface area contributed by atoms with E-state index < -0.39 is 0 Å². The number of H-pyrrole nitrogens is 2. The molecule has 1 aliphatic heterocycles. The first kappa shape index (κ1) is 14.1. The minimum atomic E-state index is 0.794. The van der Waals surface area contributed by atoms with Gasteiger partial charge in [-0.1, -0.05) is 15.9 Å². The van der Waals surface area contributed by atoms with Crippen LogP contribution in [0.4, 0.5) is 0 Å². The molecule has 0 amide bonds. The minimum Gasteiger partial charge on any atom is -0.494 e. The molecule has 23 heavy (non-hydrogen) atoms. The smallest absolute Gasteiger partial charge is 0.144 e. The number of hydrogen-bond acceptors (Lipinski definition) is 2. The van der Waals surface area contributed by atoms with E-state index in [1.54, 1.807) is 7.11 Å². The van der Waals surface area contributed by atoms with Crippen LogP contribution in [0.1, 0.15) is 5.69 Å². The van der Waals surface area contributed by atoms with Gasteiger partial charge in [0.2, 0.25) is 0 Å². The molecule has 0 bridgehead atoms. The van der Waals surface area contributed by atoms with E-state index in [0.717, 1.165) is 42.9 Å². The highest BCUT2D eigenvalue weighted by molar-refractivity contribution is 9.10. The number of rotatable bonds is 2.